The lowest BCUT2D eigenvalue weighted by Gasteiger charge is -2.10. The van der Waals surface area contributed by atoms with Gasteiger partial charge in [0.1, 0.15) is 5.75 Å². The second-order valence-electron chi connectivity index (χ2n) is 3.89. The third-order valence-electron chi connectivity index (χ3n) is 2.56. The first-order valence-electron chi connectivity index (χ1n) is 6.26. The second kappa shape index (κ2) is 8.09. The fourth-order valence-corrected chi connectivity index (χ4v) is 1.52. The summed E-state index contributed by atoms with van der Waals surface area (Å²) in [5.74, 6) is 0.841. The molecule has 1 aromatic carbocycles. The van der Waals surface area contributed by atoms with Gasteiger partial charge in [0.2, 0.25) is 0 Å². The summed E-state index contributed by atoms with van der Waals surface area (Å²) in [4.78, 5) is 0. The molecule has 0 heterocycles. The molecule has 0 spiro atoms. The van der Waals surface area contributed by atoms with Crippen molar-refractivity contribution in [2.45, 2.75) is 32.8 Å². The molecule has 0 aliphatic carbocycles. The molecule has 1 rings (SSSR count). The minimum atomic E-state index is -0.373. The number of aliphatic hydroxyl groups is 1. The Morgan fingerprint density at radius 1 is 1.12 bits per heavy atom. The minimum Gasteiger partial charge on any atom is -0.494 e. The van der Waals surface area contributed by atoms with Crippen LogP contribution in [0.1, 0.15) is 38.4 Å². The maximum absolute atomic E-state index is 9.64. The van der Waals surface area contributed by atoms with E-state index in [0.717, 1.165) is 37.4 Å². The zero-order valence-electron chi connectivity index (χ0n) is 10.7. The number of ether oxygens (including phenoxy) is 2. The van der Waals surface area contributed by atoms with E-state index in [2.05, 4.69) is 0 Å². The topological polar surface area (TPSA) is 38.7 Å². The molecule has 0 aromatic heterocycles. The Kier molecular flexibility index (Phi) is 6.67. The highest BCUT2D eigenvalue weighted by Gasteiger charge is 2.04. The lowest BCUT2D eigenvalue weighted by atomic mass is 10.1. The molecule has 0 bridgehead atoms. The van der Waals surface area contributed by atoms with E-state index in [4.69, 9.17) is 9.47 Å². The van der Waals surface area contributed by atoms with Gasteiger partial charge in [-0.25, -0.2) is 0 Å². The molecule has 1 N–H and O–H groups in total. The third-order valence-corrected chi connectivity index (χ3v) is 2.56. The molecule has 0 unspecified atom stereocenters. The van der Waals surface area contributed by atoms with Crippen LogP contribution in [-0.2, 0) is 4.74 Å². The molecular formula is C14H22O3. The summed E-state index contributed by atoms with van der Waals surface area (Å²) in [6.45, 7) is 6.10. The zero-order valence-corrected chi connectivity index (χ0v) is 10.7. The van der Waals surface area contributed by atoms with E-state index in [9.17, 15) is 5.11 Å². The molecule has 0 radical (unpaired) electrons. The molecule has 0 saturated carbocycles. The van der Waals surface area contributed by atoms with Crippen molar-refractivity contribution in [2.75, 3.05) is 19.8 Å². The largest absolute Gasteiger partial charge is 0.494 e. The van der Waals surface area contributed by atoms with Crippen LogP contribution in [0.4, 0.5) is 0 Å². The van der Waals surface area contributed by atoms with Crippen molar-refractivity contribution in [2.24, 2.45) is 0 Å². The van der Waals surface area contributed by atoms with E-state index in [-0.39, 0.29) is 6.10 Å². The Hall–Kier alpha value is -1.06. The van der Waals surface area contributed by atoms with E-state index in [1.54, 1.807) is 0 Å². The van der Waals surface area contributed by atoms with Gasteiger partial charge in [-0.05, 0) is 31.0 Å². The van der Waals surface area contributed by atoms with Gasteiger partial charge in [0.05, 0.1) is 12.7 Å². The number of hydrogen-bond donors (Lipinski definition) is 1. The van der Waals surface area contributed by atoms with E-state index in [0.29, 0.717) is 6.61 Å². The van der Waals surface area contributed by atoms with E-state index < -0.39 is 0 Å². The van der Waals surface area contributed by atoms with Gasteiger partial charge < -0.3 is 14.6 Å². The molecule has 0 aliphatic rings. The first-order chi connectivity index (χ1) is 8.27. The minimum absolute atomic E-state index is 0.373. The summed E-state index contributed by atoms with van der Waals surface area (Å²) in [5.41, 5.74) is 0.939. The van der Waals surface area contributed by atoms with Crippen LogP contribution in [0.15, 0.2) is 24.3 Å². The van der Waals surface area contributed by atoms with Crippen LogP contribution in [0.5, 0.6) is 5.75 Å². The average molecular weight is 238 g/mol. The van der Waals surface area contributed by atoms with Crippen LogP contribution in [0.2, 0.25) is 0 Å². The average Bonchev–Trinajstić information content (AvgIpc) is 2.38. The monoisotopic (exact) mass is 238 g/mol. The summed E-state index contributed by atoms with van der Waals surface area (Å²) in [6, 6.07) is 7.61. The van der Waals surface area contributed by atoms with Gasteiger partial charge in [0.15, 0.2) is 0 Å². The molecule has 17 heavy (non-hydrogen) atoms. The Labute approximate surface area is 103 Å². The van der Waals surface area contributed by atoms with Crippen molar-refractivity contribution >= 4 is 0 Å². The molecule has 96 valence electrons. The van der Waals surface area contributed by atoms with Crippen LogP contribution in [0.3, 0.4) is 0 Å². The highest BCUT2D eigenvalue weighted by molar-refractivity contribution is 5.28. The maximum atomic E-state index is 9.64. The fourth-order valence-electron chi connectivity index (χ4n) is 1.52. The van der Waals surface area contributed by atoms with Gasteiger partial charge >= 0.3 is 0 Å². The SMILES string of the molecule is CCOCCCOc1ccc([C@@H](O)CC)cc1. The molecule has 0 saturated heterocycles. The number of benzene rings is 1. The first kappa shape index (κ1) is 14.0. The normalized spacial score (nSPS) is 12.4. The van der Waals surface area contributed by atoms with Crippen molar-refractivity contribution < 1.29 is 14.6 Å². The zero-order chi connectivity index (χ0) is 12.5. The predicted molar refractivity (Wildman–Crippen MR) is 68.3 cm³/mol. The van der Waals surface area contributed by atoms with Crippen molar-refractivity contribution in [3.8, 4) is 5.75 Å². The van der Waals surface area contributed by atoms with Gasteiger partial charge in [0.25, 0.3) is 0 Å². The van der Waals surface area contributed by atoms with Crippen LogP contribution in [0, 0.1) is 0 Å². The number of rotatable bonds is 8. The van der Waals surface area contributed by atoms with Gasteiger partial charge in [-0.15, -0.1) is 0 Å². The van der Waals surface area contributed by atoms with Crippen molar-refractivity contribution in [3.05, 3.63) is 29.8 Å². The summed E-state index contributed by atoms with van der Waals surface area (Å²) in [7, 11) is 0. The smallest absolute Gasteiger partial charge is 0.119 e. The summed E-state index contributed by atoms with van der Waals surface area (Å²) >= 11 is 0. The summed E-state index contributed by atoms with van der Waals surface area (Å²) in [5, 5.41) is 9.64. The van der Waals surface area contributed by atoms with Crippen molar-refractivity contribution in [1.82, 2.24) is 0 Å². The van der Waals surface area contributed by atoms with Crippen molar-refractivity contribution in [3.63, 3.8) is 0 Å². The maximum Gasteiger partial charge on any atom is 0.119 e. The molecule has 0 fully saturated rings. The molecule has 0 aliphatic heterocycles. The van der Waals surface area contributed by atoms with E-state index >= 15 is 0 Å². The Balaban J connectivity index is 2.30. The molecule has 1 aromatic rings. The number of aliphatic hydroxyl groups excluding tert-OH is 1. The Morgan fingerprint density at radius 2 is 1.82 bits per heavy atom. The lowest BCUT2D eigenvalue weighted by molar-refractivity contribution is 0.131. The van der Waals surface area contributed by atoms with Gasteiger partial charge in [-0.2, -0.15) is 0 Å². The van der Waals surface area contributed by atoms with Crippen LogP contribution < -0.4 is 4.74 Å². The fraction of sp³-hybridized carbons (Fsp3) is 0.571. The molecule has 0 amide bonds. The first-order valence-corrected chi connectivity index (χ1v) is 6.26. The van der Waals surface area contributed by atoms with Gasteiger partial charge in [-0.3, -0.25) is 0 Å². The standard InChI is InChI=1S/C14H22O3/c1-3-14(15)12-6-8-13(9-7-12)17-11-5-10-16-4-2/h6-9,14-15H,3-5,10-11H2,1-2H3/t14-/m0/s1. The van der Waals surface area contributed by atoms with Crippen LogP contribution in [-0.4, -0.2) is 24.9 Å². The highest BCUT2D eigenvalue weighted by Crippen LogP contribution is 2.19. The van der Waals surface area contributed by atoms with Gasteiger partial charge in [-0.1, -0.05) is 19.1 Å². The molecular weight excluding hydrogens is 216 g/mol. The summed E-state index contributed by atoms with van der Waals surface area (Å²) < 4.78 is 10.8. The molecule has 3 nitrogen and oxygen atoms in total. The molecule has 1 atom stereocenters. The second-order valence-corrected chi connectivity index (χ2v) is 3.89. The van der Waals surface area contributed by atoms with E-state index in [1.165, 1.54) is 0 Å². The Morgan fingerprint density at radius 3 is 2.41 bits per heavy atom. The van der Waals surface area contributed by atoms with E-state index in [1.807, 2.05) is 38.1 Å². The Bertz CT molecular complexity index is 295. The van der Waals surface area contributed by atoms with Gasteiger partial charge in [0, 0.05) is 19.6 Å². The van der Waals surface area contributed by atoms with Crippen LogP contribution in [0.25, 0.3) is 0 Å². The van der Waals surface area contributed by atoms with Crippen molar-refractivity contribution in [1.29, 1.82) is 0 Å². The van der Waals surface area contributed by atoms with Crippen LogP contribution >= 0.6 is 0 Å². The lowest BCUT2D eigenvalue weighted by Crippen LogP contribution is -2.03. The number of hydrogen-bond acceptors (Lipinski definition) is 3. The summed E-state index contributed by atoms with van der Waals surface area (Å²) in [6.07, 6.45) is 1.25. The third kappa shape index (κ3) is 5.20. The highest BCUT2D eigenvalue weighted by atomic mass is 16.5. The quantitative estimate of drug-likeness (QED) is 0.708. The molecule has 3 heteroatoms. The predicted octanol–water partition coefficient (Wildman–Crippen LogP) is 2.94.